The van der Waals surface area contributed by atoms with Gasteiger partial charge in [-0.25, -0.2) is 9.37 Å². The monoisotopic (exact) mass is 424 g/mol. The van der Waals surface area contributed by atoms with Crippen molar-refractivity contribution in [2.24, 2.45) is 0 Å². The number of hydrogen-bond acceptors (Lipinski definition) is 3. The largest absolute Gasteiger partial charge is 0.480 e. The maximum Gasteiger partial charge on any atom is 0.323 e. The van der Waals surface area contributed by atoms with E-state index in [1.165, 1.54) is 12.1 Å². The van der Waals surface area contributed by atoms with Crippen LogP contribution in [0, 0.1) is 5.82 Å². The van der Waals surface area contributed by atoms with Crippen LogP contribution in [0.4, 0.5) is 4.39 Å². The number of halogens is 3. The third-order valence-electron chi connectivity index (χ3n) is 3.64. The van der Waals surface area contributed by atoms with Gasteiger partial charge in [0, 0.05) is 15.9 Å². The molecule has 0 spiro atoms. The molecule has 0 amide bonds. The molecule has 0 radical (unpaired) electrons. The van der Waals surface area contributed by atoms with Gasteiger partial charge in [-0.1, -0.05) is 33.6 Å². The molecule has 5 nitrogen and oxygen atoms in total. The van der Waals surface area contributed by atoms with E-state index >= 15 is 0 Å². The van der Waals surface area contributed by atoms with E-state index in [-0.39, 0.29) is 17.7 Å². The predicted octanol–water partition coefficient (Wildman–Crippen LogP) is 3.63. The minimum absolute atomic E-state index is 0.0530. The molecule has 0 aliphatic heterocycles. The Balaban J connectivity index is 2.19. The standard InChI is InChI=1S/C17H11BrClFN2O3/c18-10-2-1-9(12(20)6-10)5-14-17(25)22(8-16(23)24)15-4-3-11(19)7-13(15)21-14/h1-4,6-7H,5,8H2,(H,23,24). The van der Waals surface area contributed by atoms with Gasteiger partial charge in [0.05, 0.1) is 11.0 Å². The zero-order chi connectivity index (χ0) is 18.1. The Bertz CT molecular complexity index is 1050. The number of carboxylic acids is 1. The summed E-state index contributed by atoms with van der Waals surface area (Å²) in [6, 6.07) is 9.13. The maximum absolute atomic E-state index is 14.1. The molecule has 1 heterocycles. The molecule has 2 aromatic carbocycles. The number of nitrogens with zero attached hydrogens (tertiary/aromatic N) is 2. The van der Waals surface area contributed by atoms with E-state index in [0.29, 0.717) is 20.5 Å². The summed E-state index contributed by atoms with van der Waals surface area (Å²) in [4.78, 5) is 28.1. The van der Waals surface area contributed by atoms with E-state index in [1.54, 1.807) is 24.3 Å². The van der Waals surface area contributed by atoms with E-state index < -0.39 is 23.9 Å². The van der Waals surface area contributed by atoms with Gasteiger partial charge in [-0.05, 0) is 35.9 Å². The first-order valence-corrected chi connectivity index (χ1v) is 8.37. The SMILES string of the molecule is O=C(O)Cn1c(=O)c(Cc2ccc(Br)cc2F)nc2cc(Cl)ccc21. The highest BCUT2D eigenvalue weighted by Gasteiger charge is 2.15. The Hall–Kier alpha value is -2.25. The Labute approximate surface area is 154 Å². The zero-order valence-corrected chi connectivity index (χ0v) is 15.0. The summed E-state index contributed by atoms with van der Waals surface area (Å²) in [5.41, 5.74) is 0.505. The van der Waals surface area contributed by atoms with Crippen molar-refractivity contribution < 1.29 is 14.3 Å². The second-order valence-corrected chi connectivity index (χ2v) is 6.74. The highest BCUT2D eigenvalue weighted by Crippen LogP contribution is 2.20. The summed E-state index contributed by atoms with van der Waals surface area (Å²) in [7, 11) is 0. The molecule has 0 bridgehead atoms. The van der Waals surface area contributed by atoms with Gasteiger partial charge in [0.25, 0.3) is 5.56 Å². The van der Waals surface area contributed by atoms with Gasteiger partial charge < -0.3 is 5.11 Å². The Kier molecular flexibility index (Phi) is 4.87. The van der Waals surface area contributed by atoms with Crippen molar-refractivity contribution in [3.63, 3.8) is 0 Å². The normalized spacial score (nSPS) is 11.0. The van der Waals surface area contributed by atoms with Crippen LogP contribution in [0.25, 0.3) is 11.0 Å². The highest BCUT2D eigenvalue weighted by atomic mass is 79.9. The molecule has 25 heavy (non-hydrogen) atoms. The molecule has 8 heteroatoms. The first kappa shape index (κ1) is 17.6. The van der Waals surface area contributed by atoms with E-state index in [1.807, 2.05) is 0 Å². The van der Waals surface area contributed by atoms with Crippen molar-refractivity contribution in [2.45, 2.75) is 13.0 Å². The number of benzene rings is 2. The van der Waals surface area contributed by atoms with Gasteiger partial charge in [-0.2, -0.15) is 0 Å². The van der Waals surface area contributed by atoms with Crippen molar-refractivity contribution in [2.75, 3.05) is 0 Å². The van der Waals surface area contributed by atoms with Crippen LogP contribution in [0.15, 0.2) is 45.7 Å². The molecule has 0 saturated heterocycles. The number of fused-ring (bicyclic) bond motifs is 1. The van der Waals surface area contributed by atoms with E-state index in [9.17, 15) is 14.0 Å². The molecular formula is C17H11BrClFN2O3. The summed E-state index contributed by atoms with van der Waals surface area (Å²) in [5, 5.41) is 9.49. The van der Waals surface area contributed by atoms with Crippen LogP contribution in [0.3, 0.4) is 0 Å². The third-order valence-corrected chi connectivity index (χ3v) is 4.37. The number of carboxylic acid groups (broad SMARTS) is 1. The molecule has 1 aromatic heterocycles. The molecule has 3 aromatic rings. The summed E-state index contributed by atoms with van der Waals surface area (Å²) in [6.07, 6.45) is -0.0555. The summed E-state index contributed by atoms with van der Waals surface area (Å²) in [5.74, 6) is -1.64. The first-order valence-electron chi connectivity index (χ1n) is 7.20. The zero-order valence-electron chi connectivity index (χ0n) is 12.7. The minimum Gasteiger partial charge on any atom is -0.480 e. The number of hydrogen-bond donors (Lipinski definition) is 1. The van der Waals surface area contributed by atoms with Crippen LogP contribution >= 0.6 is 27.5 Å². The number of rotatable bonds is 4. The average Bonchev–Trinajstić information content (AvgIpc) is 2.53. The van der Waals surface area contributed by atoms with Crippen LogP contribution in [0.5, 0.6) is 0 Å². The molecular weight excluding hydrogens is 415 g/mol. The topological polar surface area (TPSA) is 72.2 Å². The molecule has 0 atom stereocenters. The number of carbonyl (C=O) groups is 1. The summed E-state index contributed by atoms with van der Waals surface area (Å²) < 4.78 is 15.8. The quantitative estimate of drug-likeness (QED) is 0.693. The van der Waals surface area contributed by atoms with Gasteiger partial charge in [0.2, 0.25) is 0 Å². The Morgan fingerprint density at radius 1 is 1.28 bits per heavy atom. The van der Waals surface area contributed by atoms with E-state index in [0.717, 1.165) is 4.57 Å². The molecule has 0 unspecified atom stereocenters. The van der Waals surface area contributed by atoms with Gasteiger partial charge in [0.1, 0.15) is 18.1 Å². The maximum atomic E-state index is 14.1. The molecule has 0 saturated carbocycles. The van der Waals surface area contributed by atoms with Crippen molar-refractivity contribution in [1.82, 2.24) is 9.55 Å². The van der Waals surface area contributed by atoms with Crippen molar-refractivity contribution in [1.29, 1.82) is 0 Å². The molecule has 128 valence electrons. The summed E-state index contributed by atoms with van der Waals surface area (Å²) >= 11 is 9.14. The van der Waals surface area contributed by atoms with Gasteiger partial charge in [0.15, 0.2) is 0 Å². The number of aromatic nitrogens is 2. The fourth-order valence-electron chi connectivity index (χ4n) is 2.53. The van der Waals surface area contributed by atoms with Crippen molar-refractivity contribution in [3.05, 3.63) is 73.3 Å². The average molecular weight is 426 g/mol. The van der Waals surface area contributed by atoms with Gasteiger partial charge in [-0.3, -0.25) is 14.2 Å². The highest BCUT2D eigenvalue weighted by molar-refractivity contribution is 9.10. The van der Waals surface area contributed by atoms with Crippen LogP contribution in [0.2, 0.25) is 5.02 Å². The van der Waals surface area contributed by atoms with Crippen LogP contribution in [0.1, 0.15) is 11.3 Å². The Morgan fingerprint density at radius 3 is 2.72 bits per heavy atom. The molecule has 0 aliphatic carbocycles. The second-order valence-electron chi connectivity index (χ2n) is 5.39. The van der Waals surface area contributed by atoms with Crippen molar-refractivity contribution >= 4 is 44.5 Å². The molecule has 0 fully saturated rings. The van der Waals surface area contributed by atoms with Crippen LogP contribution in [-0.2, 0) is 17.8 Å². The van der Waals surface area contributed by atoms with Gasteiger partial charge >= 0.3 is 5.97 Å². The fourth-order valence-corrected chi connectivity index (χ4v) is 3.03. The van der Waals surface area contributed by atoms with Crippen molar-refractivity contribution in [3.8, 4) is 0 Å². The lowest BCUT2D eigenvalue weighted by Crippen LogP contribution is -2.29. The first-order chi connectivity index (χ1) is 11.8. The fraction of sp³-hybridized carbons (Fsp3) is 0.118. The predicted molar refractivity (Wildman–Crippen MR) is 95.6 cm³/mol. The van der Waals surface area contributed by atoms with E-state index in [2.05, 4.69) is 20.9 Å². The second kappa shape index (κ2) is 6.93. The lowest BCUT2D eigenvalue weighted by Gasteiger charge is -2.11. The summed E-state index contributed by atoms with van der Waals surface area (Å²) in [6.45, 7) is -0.519. The molecule has 1 N–H and O–H groups in total. The lowest BCUT2D eigenvalue weighted by molar-refractivity contribution is -0.137. The lowest BCUT2D eigenvalue weighted by atomic mass is 10.1. The third kappa shape index (κ3) is 3.72. The van der Waals surface area contributed by atoms with Crippen LogP contribution < -0.4 is 5.56 Å². The molecule has 3 rings (SSSR count). The smallest absolute Gasteiger partial charge is 0.323 e. The number of aliphatic carboxylic acids is 1. The minimum atomic E-state index is -1.16. The molecule has 0 aliphatic rings. The van der Waals surface area contributed by atoms with E-state index in [4.69, 9.17) is 16.7 Å². The Morgan fingerprint density at radius 2 is 2.04 bits per heavy atom. The van der Waals surface area contributed by atoms with Crippen LogP contribution in [-0.4, -0.2) is 20.6 Å². The van der Waals surface area contributed by atoms with Gasteiger partial charge in [-0.15, -0.1) is 0 Å².